The number of carbonyl (C=O) groups excluding carboxylic acids is 1. The van der Waals surface area contributed by atoms with Crippen molar-refractivity contribution in [3.8, 4) is 0 Å². The number of hydrogen-bond donors (Lipinski definition) is 3. The van der Waals surface area contributed by atoms with Crippen LogP contribution >= 0.6 is 15.9 Å². The highest BCUT2D eigenvalue weighted by Gasteiger charge is 2.44. The van der Waals surface area contributed by atoms with Crippen molar-refractivity contribution >= 4 is 43.0 Å². The molecule has 1 amide bonds. The summed E-state index contributed by atoms with van der Waals surface area (Å²) < 4.78 is 52.2. The SMILES string of the molecule is CC(C)CN(C[C@@H](O)[C@H](Cc1ccccc1)NC(=O)O[C@H]1CO[C@H]2OCCC21)S(=O)(=O)c1ccc2oc(Br)c(CN)c2c1. The molecule has 234 valence electrons. The van der Waals surface area contributed by atoms with Crippen molar-refractivity contribution in [1.29, 1.82) is 0 Å². The third-order valence-corrected chi connectivity index (χ3v) is 10.3. The molecule has 4 N–H and O–H groups in total. The van der Waals surface area contributed by atoms with Gasteiger partial charge < -0.3 is 34.8 Å². The van der Waals surface area contributed by atoms with Crippen LogP contribution in [0, 0.1) is 11.8 Å². The van der Waals surface area contributed by atoms with E-state index in [9.17, 15) is 18.3 Å². The minimum atomic E-state index is -4.06. The maximum Gasteiger partial charge on any atom is 0.407 e. The lowest BCUT2D eigenvalue weighted by atomic mass is 10.0. The fourth-order valence-electron chi connectivity index (χ4n) is 5.63. The van der Waals surface area contributed by atoms with Gasteiger partial charge in [-0.2, -0.15) is 4.31 Å². The number of furan rings is 1. The van der Waals surface area contributed by atoms with Crippen molar-refractivity contribution in [2.45, 2.75) is 62.7 Å². The number of hydrogen-bond acceptors (Lipinski definition) is 9. The molecule has 2 fully saturated rings. The molecule has 2 saturated heterocycles. The normalized spacial score (nSPS) is 21.8. The average molecular weight is 681 g/mol. The predicted octanol–water partition coefficient (Wildman–Crippen LogP) is 3.76. The van der Waals surface area contributed by atoms with Crippen LogP contribution in [0.4, 0.5) is 4.79 Å². The number of nitrogens with one attached hydrogen (secondary N) is 1. The van der Waals surface area contributed by atoms with Crippen LogP contribution < -0.4 is 11.1 Å². The lowest BCUT2D eigenvalue weighted by molar-refractivity contribution is -0.0907. The predicted molar refractivity (Wildman–Crippen MR) is 163 cm³/mol. The number of nitrogens with two attached hydrogens (primary N) is 1. The van der Waals surface area contributed by atoms with E-state index in [-0.39, 0.29) is 55.7 Å². The molecule has 1 aromatic heterocycles. The molecule has 43 heavy (non-hydrogen) atoms. The van der Waals surface area contributed by atoms with Gasteiger partial charge in [-0.25, -0.2) is 13.2 Å². The summed E-state index contributed by atoms with van der Waals surface area (Å²) >= 11 is 3.34. The Morgan fingerprint density at radius 1 is 1.19 bits per heavy atom. The summed E-state index contributed by atoms with van der Waals surface area (Å²) in [5.41, 5.74) is 7.92. The Morgan fingerprint density at radius 3 is 2.67 bits per heavy atom. The minimum Gasteiger partial charge on any atom is -0.449 e. The molecular formula is C30H38BrN3O8S. The number of carbonyl (C=O) groups is 1. The van der Waals surface area contributed by atoms with Gasteiger partial charge in [-0.1, -0.05) is 44.2 Å². The van der Waals surface area contributed by atoms with Gasteiger partial charge >= 0.3 is 6.09 Å². The zero-order valence-electron chi connectivity index (χ0n) is 24.1. The van der Waals surface area contributed by atoms with Gasteiger partial charge in [-0.15, -0.1) is 0 Å². The Morgan fingerprint density at radius 2 is 1.95 bits per heavy atom. The molecule has 0 radical (unpaired) electrons. The van der Waals surface area contributed by atoms with Gasteiger partial charge in [0.25, 0.3) is 0 Å². The third kappa shape index (κ3) is 7.25. The molecule has 0 saturated carbocycles. The van der Waals surface area contributed by atoms with Crippen molar-refractivity contribution in [3.05, 3.63) is 64.3 Å². The highest BCUT2D eigenvalue weighted by molar-refractivity contribution is 9.10. The highest BCUT2D eigenvalue weighted by Crippen LogP contribution is 2.34. The number of aliphatic hydroxyl groups is 1. The number of sulfonamides is 1. The summed E-state index contributed by atoms with van der Waals surface area (Å²) in [4.78, 5) is 13.1. The van der Waals surface area contributed by atoms with E-state index in [0.29, 0.717) is 27.8 Å². The summed E-state index contributed by atoms with van der Waals surface area (Å²) in [5.74, 6) is -0.0780. The Bertz CT molecular complexity index is 1520. The van der Waals surface area contributed by atoms with Crippen LogP contribution in [0.3, 0.4) is 0 Å². The molecule has 5 rings (SSSR count). The van der Waals surface area contributed by atoms with E-state index in [1.807, 2.05) is 44.2 Å². The van der Waals surface area contributed by atoms with Gasteiger partial charge in [-0.05, 0) is 58.5 Å². The van der Waals surface area contributed by atoms with Gasteiger partial charge in [0.2, 0.25) is 10.0 Å². The molecule has 5 atom stereocenters. The first-order valence-electron chi connectivity index (χ1n) is 14.4. The fraction of sp³-hybridized carbons (Fsp3) is 0.500. The lowest BCUT2D eigenvalue weighted by Crippen LogP contribution is -2.51. The van der Waals surface area contributed by atoms with Crippen molar-refractivity contribution < 1.29 is 36.9 Å². The van der Waals surface area contributed by atoms with Crippen LogP contribution in [0.15, 0.2) is 62.5 Å². The lowest BCUT2D eigenvalue weighted by Gasteiger charge is -2.31. The Labute approximate surface area is 259 Å². The van der Waals surface area contributed by atoms with Crippen molar-refractivity contribution in [3.63, 3.8) is 0 Å². The first kappa shape index (κ1) is 31.9. The molecule has 11 nitrogen and oxygen atoms in total. The third-order valence-electron chi connectivity index (χ3n) is 7.82. The second kappa shape index (κ2) is 13.6. The smallest absolute Gasteiger partial charge is 0.407 e. The van der Waals surface area contributed by atoms with E-state index in [1.54, 1.807) is 12.1 Å². The monoisotopic (exact) mass is 679 g/mol. The van der Waals surface area contributed by atoms with Gasteiger partial charge in [0, 0.05) is 30.6 Å². The van der Waals surface area contributed by atoms with E-state index in [2.05, 4.69) is 21.2 Å². The van der Waals surface area contributed by atoms with Crippen LogP contribution in [0.2, 0.25) is 0 Å². The maximum atomic E-state index is 14.0. The summed E-state index contributed by atoms with van der Waals surface area (Å²) in [7, 11) is -4.06. The van der Waals surface area contributed by atoms with Crippen LogP contribution in [-0.4, -0.2) is 74.8 Å². The van der Waals surface area contributed by atoms with E-state index < -0.39 is 34.4 Å². The Hall–Kier alpha value is -2.52. The van der Waals surface area contributed by atoms with Crippen LogP contribution in [0.1, 0.15) is 31.4 Å². The molecule has 2 aliphatic rings. The number of ether oxygens (including phenoxy) is 3. The number of amides is 1. The molecule has 13 heteroatoms. The standard InChI is InChI=1S/C30H38BrN3O8S/c1-18(2)15-34(43(37,38)20-8-9-26-22(13-20)23(14-32)28(31)41-26)16-25(35)24(12-19-6-4-3-5-7-19)33-30(36)42-27-17-40-29-21(27)10-11-39-29/h3-9,13,18,21,24-25,27,29,35H,10-12,14-17,32H2,1-2H3,(H,33,36)/t21?,24-,25+,27-,29+/m0/s1. The van der Waals surface area contributed by atoms with Gasteiger partial charge in [-0.3, -0.25) is 0 Å². The van der Waals surface area contributed by atoms with E-state index in [1.165, 1.54) is 10.4 Å². The fourth-order valence-corrected chi connectivity index (χ4v) is 7.83. The highest BCUT2D eigenvalue weighted by atomic mass is 79.9. The molecule has 3 aromatic rings. The van der Waals surface area contributed by atoms with Crippen molar-refractivity contribution in [2.24, 2.45) is 17.6 Å². The summed E-state index contributed by atoms with van der Waals surface area (Å²) in [5, 5.41) is 14.9. The molecule has 1 unspecified atom stereocenters. The van der Waals surface area contributed by atoms with Crippen LogP contribution in [0.25, 0.3) is 11.0 Å². The zero-order valence-corrected chi connectivity index (χ0v) is 26.6. The summed E-state index contributed by atoms with van der Waals surface area (Å²) in [6.45, 7) is 4.65. The number of benzene rings is 2. The minimum absolute atomic E-state index is 0.0390. The molecule has 2 aliphatic heterocycles. The largest absolute Gasteiger partial charge is 0.449 e. The Kier molecular flexibility index (Phi) is 10.1. The van der Waals surface area contributed by atoms with Crippen LogP contribution in [0.5, 0.6) is 0 Å². The molecular weight excluding hydrogens is 642 g/mol. The second-order valence-electron chi connectivity index (χ2n) is 11.4. The average Bonchev–Trinajstić information content (AvgIpc) is 3.67. The van der Waals surface area contributed by atoms with Crippen LogP contribution in [-0.2, 0) is 37.2 Å². The first-order chi connectivity index (χ1) is 20.6. The topological polar surface area (TPSA) is 154 Å². The van der Waals surface area contributed by atoms with Gasteiger partial charge in [0.1, 0.15) is 11.7 Å². The van der Waals surface area contributed by atoms with Crippen molar-refractivity contribution in [1.82, 2.24) is 9.62 Å². The Balaban J connectivity index is 1.37. The van der Waals surface area contributed by atoms with Gasteiger partial charge in [0.05, 0.1) is 36.2 Å². The number of nitrogens with zero attached hydrogens (tertiary/aromatic N) is 1. The van der Waals surface area contributed by atoms with Crippen molar-refractivity contribution in [2.75, 3.05) is 26.3 Å². The number of rotatable bonds is 12. The first-order valence-corrected chi connectivity index (χ1v) is 16.6. The quantitative estimate of drug-likeness (QED) is 0.260. The molecule has 0 aliphatic carbocycles. The molecule has 0 bridgehead atoms. The van der Waals surface area contributed by atoms with E-state index >= 15 is 0 Å². The number of alkyl carbamates (subject to hydrolysis) is 1. The number of aliphatic hydroxyl groups excluding tert-OH is 1. The second-order valence-corrected chi connectivity index (χ2v) is 14.1. The maximum absolute atomic E-state index is 14.0. The molecule has 2 aromatic carbocycles. The summed E-state index contributed by atoms with van der Waals surface area (Å²) in [6, 6.07) is 13.1. The summed E-state index contributed by atoms with van der Waals surface area (Å²) in [6.07, 6.45) is -1.80. The molecule has 3 heterocycles. The van der Waals surface area contributed by atoms with E-state index in [0.717, 1.165) is 12.0 Å². The zero-order chi connectivity index (χ0) is 30.7. The van der Waals surface area contributed by atoms with E-state index in [4.69, 9.17) is 24.4 Å². The van der Waals surface area contributed by atoms with Gasteiger partial charge in [0.15, 0.2) is 11.0 Å². The number of halogens is 1. The number of fused-ring (bicyclic) bond motifs is 2. The molecule has 0 spiro atoms.